The Bertz CT molecular complexity index is 704. The standard InChI is InChI=1S/C15H21N3O3S/c1-22(20,21)13-4-2-3-11(7-13)8-17-14(19)18-9-12-5-6-15(12,16)10-18/h2-4,7,12H,5-6,8-10,16H2,1H3,(H,17,19)/t12-,15-/m0/s1. The first-order valence-electron chi connectivity index (χ1n) is 7.39. The van der Waals surface area contributed by atoms with Crippen molar-refractivity contribution in [3.63, 3.8) is 0 Å². The van der Waals surface area contributed by atoms with Gasteiger partial charge in [0.05, 0.1) is 4.90 Å². The van der Waals surface area contributed by atoms with Crippen molar-refractivity contribution < 1.29 is 13.2 Å². The van der Waals surface area contributed by atoms with Crippen molar-refractivity contribution in [1.82, 2.24) is 10.2 Å². The maximum Gasteiger partial charge on any atom is 0.317 e. The largest absolute Gasteiger partial charge is 0.334 e. The number of rotatable bonds is 3. The number of fused-ring (bicyclic) bond motifs is 1. The van der Waals surface area contributed by atoms with Crippen LogP contribution in [0.15, 0.2) is 29.2 Å². The minimum atomic E-state index is -3.23. The second-order valence-electron chi connectivity index (χ2n) is 6.43. The Balaban J connectivity index is 1.60. The van der Waals surface area contributed by atoms with Crippen molar-refractivity contribution in [3.05, 3.63) is 29.8 Å². The van der Waals surface area contributed by atoms with Gasteiger partial charge >= 0.3 is 6.03 Å². The van der Waals surface area contributed by atoms with Crippen LogP contribution in [0.25, 0.3) is 0 Å². The smallest absolute Gasteiger partial charge is 0.317 e. The Kier molecular flexibility index (Phi) is 3.65. The van der Waals surface area contributed by atoms with E-state index in [0.717, 1.165) is 18.4 Å². The van der Waals surface area contributed by atoms with E-state index in [4.69, 9.17) is 5.73 Å². The SMILES string of the molecule is CS(=O)(=O)c1cccc(CNC(=O)N2C[C@@H]3CC[C@]3(N)C2)c1. The summed E-state index contributed by atoms with van der Waals surface area (Å²) >= 11 is 0. The number of likely N-dealkylation sites (tertiary alicyclic amines) is 1. The molecular formula is C15H21N3O3S. The van der Waals surface area contributed by atoms with Crippen LogP contribution in [0.1, 0.15) is 18.4 Å². The van der Waals surface area contributed by atoms with E-state index in [1.165, 1.54) is 6.26 Å². The van der Waals surface area contributed by atoms with Crippen LogP contribution in [-0.4, -0.2) is 44.2 Å². The third-order valence-electron chi connectivity index (χ3n) is 4.75. The van der Waals surface area contributed by atoms with Crippen molar-refractivity contribution in [3.8, 4) is 0 Å². The molecule has 1 aliphatic carbocycles. The molecule has 0 bridgehead atoms. The van der Waals surface area contributed by atoms with Crippen LogP contribution in [0.5, 0.6) is 0 Å². The van der Waals surface area contributed by atoms with Gasteiger partial charge in [-0.2, -0.15) is 0 Å². The lowest BCUT2D eigenvalue weighted by Gasteiger charge is -2.39. The number of hydrogen-bond acceptors (Lipinski definition) is 4. The molecule has 120 valence electrons. The van der Waals surface area contributed by atoms with E-state index in [0.29, 0.717) is 25.6 Å². The quantitative estimate of drug-likeness (QED) is 0.857. The van der Waals surface area contributed by atoms with Crippen LogP contribution >= 0.6 is 0 Å². The highest BCUT2D eigenvalue weighted by Gasteiger charge is 2.51. The highest BCUT2D eigenvalue weighted by atomic mass is 32.2. The Hall–Kier alpha value is -1.60. The number of sulfone groups is 1. The van der Waals surface area contributed by atoms with E-state index in [1.807, 2.05) is 0 Å². The van der Waals surface area contributed by atoms with Gasteiger partial charge in [0, 0.05) is 31.4 Å². The van der Waals surface area contributed by atoms with Gasteiger partial charge in [0.15, 0.2) is 9.84 Å². The van der Waals surface area contributed by atoms with Crippen LogP contribution in [0, 0.1) is 5.92 Å². The predicted octanol–water partition coefficient (Wildman–Crippen LogP) is 0.723. The van der Waals surface area contributed by atoms with Crippen LogP contribution < -0.4 is 11.1 Å². The summed E-state index contributed by atoms with van der Waals surface area (Å²) < 4.78 is 23.1. The zero-order valence-corrected chi connectivity index (χ0v) is 13.4. The minimum absolute atomic E-state index is 0.135. The highest BCUT2D eigenvalue weighted by Crippen LogP contribution is 2.42. The average molecular weight is 323 g/mol. The first-order valence-corrected chi connectivity index (χ1v) is 9.28. The van der Waals surface area contributed by atoms with Crippen molar-refractivity contribution in [2.24, 2.45) is 11.7 Å². The van der Waals surface area contributed by atoms with Gasteiger partial charge in [0.25, 0.3) is 0 Å². The van der Waals surface area contributed by atoms with Gasteiger partial charge in [-0.05, 0) is 36.5 Å². The number of nitrogens with zero attached hydrogens (tertiary/aromatic N) is 1. The van der Waals surface area contributed by atoms with Gasteiger partial charge in [-0.3, -0.25) is 0 Å². The number of benzene rings is 1. The number of nitrogens with one attached hydrogen (secondary N) is 1. The van der Waals surface area contributed by atoms with Gasteiger partial charge < -0.3 is 16.0 Å². The maximum absolute atomic E-state index is 12.2. The maximum atomic E-state index is 12.2. The van der Waals surface area contributed by atoms with E-state index >= 15 is 0 Å². The third kappa shape index (κ3) is 2.83. The summed E-state index contributed by atoms with van der Waals surface area (Å²) in [5.74, 6) is 0.423. The molecule has 0 spiro atoms. The summed E-state index contributed by atoms with van der Waals surface area (Å²) in [7, 11) is -3.23. The summed E-state index contributed by atoms with van der Waals surface area (Å²) in [4.78, 5) is 14.2. The van der Waals surface area contributed by atoms with Gasteiger partial charge in [-0.25, -0.2) is 13.2 Å². The summed E-state index contributed by atoms with van der Waals surface area (Å²) in [6.07, 6.45) is 3.25. The zero-order chi connectivity index (χ0) is 16.0. The van der Waals surface area contributed by atoms with E-state index in [-0.39, 0.29) is 16.5 Å². The first-order chi connectivity index (χ1) is 10.3. The van der Waals surface area contributed by atoms with E-state index < -0.39 is 9.84 Å². The van der Waals surface area contributed by atoms with E-state index in [2.05, 4.69) is 5.32 Å². The third-order valence-corrected chi connectivity index (χ3v) is 5.87. The second kappa shape index (κ2) is 5.24. The Morgan fingerprint density at radius 1 is 1.50 bits per heavy atom. The Morgan fingerprint density at radius 3 is 2.82 bits per heavy atom. The number of amides is 2. The fraction of sp³-hybridized carbons (Fsp3) is 0.533. The molecule has 2 fully saturated rings. The number of urea groups is 1. The molecule has 0 unspecified atom stereocenters. The average Bonchev–Trinajstić information content (AvgIpc) is 2.68. The molecule has 3 N–H and O–H groups in total. The molecule has 3 rings (SSSR count). The van der Waals surface area contributed by atoms with Crippen LogP contribution in [0.3, 0.4) is 0 Å². The Labute approximate surface area is 130 Å². The lowest BCUT2D eigenvalue weighted by molar-refractivity contribution is 0.187. The molecule has 2 atom stereocenters. The molecule has 1 saturated carbocycles. The van der Waals surface area contributed by atoms with Crippen molar-refractivity contribution in [1.29, 1.82) is 0 Å². The van der Waals surface area contributed by atoms with Crippen LogP contribution in [0.4, 0.5) is 4.79 Å². The zero-order valence-electron chi connectivity index (χ0n) is 12.6. The molecule has 22 heavy (non-hydrogen) atoms. The number of hydrogen-bond donors (Lipinski definition) is 2. The molecule has 7 heteroatoms. The highest BCUT2D eigenvalue weighted by molar-refractivity contribution is 7.90. The first kappa shape index (κ1) is 15.3. The van der Waals surface area contributed by atoms with Gasteiger partial charge in [-0.15, -0.1) is 0 Å². The number of carbonyl (C=O) groups excluding carboxylic acids is 1. The molecule has 1 aromatic carbocycles. The molecule has 0 aromatic heterocycles. The fourth-order valence-corrected chi connectivity index (χ4v) is 3.91. The molecule has 1 aliphatic heterocycles. The van der Waals surface area contributed by atoms with E-state index in [1.54, 1.807) is 29.2 Å². The van der Waals surface area contributed by atoms with Crippen molar-refractivity contribution in [2.45, 2.75) is 29.8 Å². The Morgan fingerprint density at radius 2 is 2.27 bits per heavy atom. The monoisotopic (exact) mass is 323 g/mol. The molecule has 0 radical (unpaired) electrons. The molecule has 2 aliphatic rings. The summed E-state index contributed by atoms with van der Waals surface area (Å²) in [6.45, 7) is 1.62. The normalized spacial score (nSPS) is 27.2. The summed E-state index contributed by atoms with van der Waals surface area (Å²) in [5.41, 5.74) is 6.80. The van der Waals surface area contributed by atoms with Gasteiger partial charge in [-0.1, -0.05) is 12.1 Å². The summed E-state index contributed by atoms with van der Waals surface area (Å²) in [5, 5.41) is 2.84. The number of nitrogens with two attached hydrogens (primary N) is 1. The van der Waals surface area contributed by atoms with Crippen LogP contribution in [0.2, 0.25) is 0 Å². The van der Waals surface area contributed by atoms with E-state index in [9.17, 15) is 13.2 Å². The summed E-state index contributed by atoms with van der Waals surface area (Å²) in [6, 6.07) is 6.49. The lowest BCUT2D eigenvalue weighted by atomic mass is 9.70. The molecular weight excluding hydrogens is 302 g/mol. The molecule has 1 aromatic rings. The predicted molar refractivity (Wildman–Crippen MR) is 83.0 cm³/mol. The fourth-order valence-electron chi connectivity index (χ4n) is 3.22. The minimum Gasteiger partial charge on any atom is -0.334 e. The van der Waals surface area contributed by atoms with Crippen molar-refractivity contribution in [2.75, 3.05) is 19.3 Å². The van der Waals surface area contributed by atoms with Crippen molar-refractivity contribution >= 4 is 15.9 Å². The molecule has 6 nitrogen and oxygen atoms in total. The second-order valence-corrected chi connectivity index (χ2v) is 8.44. The lowest BCUT2D eigenvalue weighted by Crippen LogP contribution is -2.55. The number of carbonyl (C=O) groups is 1. The topological polar surface area (TPSA) is 92.5 Å². The molecule has 2 amide bonds. The van der Waals surface area contributed by atoms with Gasteiger partial charge in [0.2, 0.25) is 0 Å². The molecule has 1 saturated heterocycles. The van der Waals surface area contributed by atoms with Gasteiger partial charge in [0.1, 0.15) is 0 Å². The molecule has 1 heterocycles. The van der Waals surface area contributed by atoms with Crippen LogP contribution in [-0.2, 0) is 16.4 Å².